The number of carbonyl (C=O) groups is 2. The van der Waals surface area contributed by atoms with E-state index in [0.717, 1.165) is 12.8 Å². The zero-order chi connectivity index (χ0) is 17.8. The van der Waals surface area contributed by atoms with E-state index >= 15 is 0 Å². The number of thiophene rings is 1. The van der Waals surface area contributed by atoms with Gasteiger partial charge in [0, 0.05) is 32.5 Å². The summed E-state index contributed by atoms with van der Waals surface area (Å²) in [7, 11) is 0. The monoisotopic (exact) mass is 363 g/mol. The van der Waals surface area contributed by atoms with Gasteiger partial charge >= 0.3 is 5.97 Å². The second-order valence-electron chi connectivity index (χ2n) is 6.41. The minimum Gasteiger partial charge on any atom is -0.481 e. The molecular weight excluding hydrogens is 342 g/mol. The van der Waals surface area contributed by atoms with Crippen molar-refractivity contribution in [3.8, 4) is 0 Å². The number of likely N-dealkylation sites (tertiary alicyclic amines) is 1. The number of aliphatic carboxylic acids is 1. The number of nitrogens with zero attached hydrogens (tertiary/aromatic N) is 3. The van der Waals surface area contributed by atoms with E-state index in [-0.39, 0.29) is 30.2 Å². The van der Waals surface area contributed by atoms with Gasteiger partial charge in [0.15, 0.2) is 0 Å². The molecule has 1 fully saturated rings. The first-order valence-corrected chi connectivity index (χ1v) is 9.35. The van der Waals surface area contributed by atoms with Gasteiger partial charge in [0.25, 0.3) is 5.56 Å². The predicted molar refractivity (Wildman–Crippen MR) is 94.7 cm³/mol. The van der Waals surface area contributed by atoms with Gasteiger partial charge in [-0.1, -0.05) is 0 Å². The number of fused-ring (bicyclic) bond motifs is 1. The lowest BCUT2D eigenvalue weighted by Gasteiger charge is -2.32. The average molecular weight is 363 g/mol. The van der Waals surface area contributed by atoms with Crippen LogP contribution in [0.15, 0.2) is 22.6 Å². The molecule has 134 valence electrons. The summed E-state index contributed by atoms with van der Waals surface area (Å²) in [6.07, 6.45) is 4.38. The van der Waals surface area contributed by atoms with E-state index in [1.807, 2.05) is 5.38 Å². The van der Waals surface area contributed by atoms with Gasteiger partial charge in [0.2, 0.25) is 5.91 Å². The Morgan fingerprint density at radius 3 is 3.00 bits per heavy atom. The van der Waals surface area contributed by atoms with E-state index in [1.165, 1.54) is 22.2 Å². The molecular formula is C17H21N3O4S. The summed E-state index contributed by atoms with van der Waals surface area (Å²) in [4.78, 5) is 42.3. The number of rotatable bonds is 6. The van der Waals surface area contributed by atoms with Crippen LogP contribution in [0.1, 0.15) is 32.1 Å². The van der Waals surface area contributed by atoms with Gasteiger partial charge in [-0.25, -0.2) is 4.98 Å². The molecule has 1 N–H and O–H groups in total. The van der Waals surface area contributed by atoms with Gasteiger partial charge in [-0.15, -0.1) is 11.3 Å². The summed E-state index contributed by atoms with van der Waals surface area (Å²) in [6.45, 7) is 1.63. The minimum atomic E-state index is -0.792. The molecule has 0 saturated carbocycles. The van der Waals surface area contributed by atoms with E-state index in [0.29, 0.717) is 36.3 Å². The number of carboxylic acid groups (broad SMARTS) is 1. The fraction of sp³-hybridized carbons (Fsp3) is 0.529. The number of amides is 1. The van der Waals surface area contributed by atoms with E-state index in [4.69, 9.17) is 5.11 Å². The quantitative estimate of drug-likeness (QED) is 0.847. The highest BCUT2D eigenvalue weighted by molar-refractivity contribution is 7.16. The van der Waals surface area contributed by atoms with Crippen molar-refractivity contribution in [3.05, 3.63) is 28.1 Å². The Hall–Kier alpha value is -2.22. The molecule has 2 aromatic rings. The van der Waals surface area contributed by atoms with Gasteiger partial charge in [-0.2, -0.15) is 0 Å². The molecule has 0 aliphatic carbocycles. The summed E-state index contributed by atoms with van der Waals surface area (Å²) in [6, 6.07) is 1.76. The van der Waals surface area contributed by atoms with Gasteiger partial charge in [-0.3, -0.25) is 19.0 Å². The fourth-order valence-electron chi connectivity index (χ4n) is 3.28. The Balaban J connectivity index is 1.57. The predicted octanol–water partition coefficient (Wildman–Crippen LogP) is 1.95. The molecule has 0 bridgehead atoms. The Morgan fingerprint density at radius 1 is 1.36 bits per heavy atom. The SMILES string of the molecule is O=C(O)CCC1CCCN(C(=O)CCn2cnc3sccc3c2=O)C1. The van der Waals surface area contributed by atoms with Crippen molar-refractivity contribution >= 4 is 33.4 Å². The molecule has 0 radical (unpaired) electrons. The van der Waals surface area contributed by atoms with Crippen LogP contribution in [-0.2, 0) is 16.1 Å². The molecule has 3 rings (SSSR count). The highest BCUT2D eigenvalue weighted by atomic mass is 32.1. The lowest BCUT2D eigenvalue weighted by molar-refractivity contribution is -0.137. The van der Waals surface area contributed by atoms with E-state index < -0.39 is 5.97 Å². The Kier molecular flexibility index (Phi) is 5.47. The molecule has 7 nitrogen and oxygen atoms in total. The molecule has 0 aromatic carbocycles. The molecule has 2 aromatic heterocycles. The first-order chi connectivity index (χ1) is 12.0. The fourth-order valence-corrected chi connectivity index (χ4v) is 4.00. The zero-order valence-corrected chi connectivity index (χ0v) is 14.7. The van der Waals surface area contributed by atoms with Crippen molar-refractivity contribution in [2.75, 3.05) is 13.1 Å². The maximum absolute atomic E-state index is 12.5. The lowest BCUT2D eigenvalue weighted by atomic mass is 9.93. The van der Waals surface area contributed by atoms with Crippen LogP contribution in [-0.4, -0.2) is 44.5 Å². The third-order valence-electron chi connectivity index (χ3n) is 4.66. The molecule has 1 amide bonds. The number of aromatic nitrogens is 2. The first kappa shape index (κ1) is 17.6. The van der Waals surface area contributed by atoms with Crippen LogP contribution in [0.2, 0.25) is 0 Å². The molecule has 1 aliphatic rings. The third kappa shape index (κ3) is 4.25. The molecule has 25 heavy (non-hydrogen) atoms. The minimum absolute atomic E-state index is 0.0114. The number of hydrogen-bond acceptors (Lipinski definition) is 5. The average Bonchev–Trinajstić information content (AvgIpc) is 3.09. The molecule has 8 heteroatoms. The molecule has 1 aliphatic heterocycles. The molecule has 1 atom stereocenters. The number of aryl methyl sites for hydroxylation is 1. The summed E-state index contributed by atoms with van der Waals surface area (Å²) in [5.41, 5.74) is -0.114. The van der Waals surface area contributed by atoms with Crippen LogP contribution in [0.25, 0.3) is 10.2 Å². The van der Waals surface area contributed by atoms with Crippen molar-refractivity contribution in [2.45, 2.75) is 38.6 Å². The second-order valence-corrected chi connectivity index (χ2v) is 7.31. The van der Waals surface area contributed by atoms with Crippen LogP contribution >= 0.6 is 11.3 Å². The van der Waals surface area contributed by atoms with Gasteiger partial charge in [0.05, 0.1) is 11.7 Å². The van der Waals surface area contributed by atoms with Crippen molar-refractivity contribution in [1.82, 2.24) is 14.5 Å². The van der Waals surface area contributed by atoms with Crippen LogP contribution in [0.5, 0.6) is 0 Å². The van der Waals surface area contributed by atoms with Crippen LogP contribution in [0.4, 0.5) is 0 Å². The van der Waals surface area contributed by atoms with Gasteiger partial charge < -0.3 is 10.0 Å². The van der Waals surface area contributed by atoms with E-state index in [9.17, 15) is 14.4 Å². The Bertz CT molecular complexity index is 829. The highest BCUT2D eigenvalue weighted by Gasteiger charge is 2.24. The molecule has 0 spiro atoms. The Morgan fingerprint density at radius 2 is 2.20 bits per heavy atom. The van der Waals surface area contributed by atoms with Crippen molar-refractivity contribution < 1.29 is 14.7 Å². The van der Waals surface area contributed by atoms with Crippen LogP contribution in [0.3, 0.4) is 0 Å². The topological polar surface area (TPSA) is 92.5 Å². The number of piperidine rings is 1. The number of carbonyl (C=O) groups excluding carboxylic acids is 1. The van der Waals surface area contributed by atoms with E-state index in [1.54, 1.807) is 11.0 Å². The maximum Gasteiger partial charge on any atom is 0.303 e. The Labute approximate surface area is 148 Å². The standard InChI is InChI=1S/C17H21N3O4S/c21-14(19-7-1-2-12(10-19)3-4-15(22)23)5-8-20-11-18-16-13(17(20)24)6-9-25-16/h6,9,11-12H,1-5,7-8,10H2,(H,22,23). The highest BCUT2D eigenvalue weighted by Crippen LogP contribution is 2.21. The van der Waals surface area contributed by atoms with Crippen LogP contribution < -0.4 is 5.56 Å². The maximum atomic E-state index is 12.5. The summed E-state index contributed by atoms with van der Waals surface area (Å²) < 4.78 is 1.48. The van der Waals surface area contributed by atoms with Crippen molar-refractivity contribution in [2.24, 2.45) is 5.92 Å². The summed E-state index contributed by atoms with van der Waals surface area (Å²) in [5, 5.41) is 11.2. The van der Waals surface area contributed by atoms with Crippen LogP contribution in [0, 0.1) is 5.92 Å². The molecule has 3 heterocycles. The zero-order valence-electron chi connectivity index (χ0n) is 13.9. The van der Waals surface area contributed by atoms with Gasteiger partial charge in [0.1, 0.15) is 4.83 Å². The molecule has 1 saturated heterocycles. The normalized spacial score (nSPS) is 17.8. The number of carboxylic acids is 1. The second kappa shape index (κ2) is 7.77. The number of hydrogen-bond donors (Lipinski definition) is 1. The van der Waals surface area contributed by atoms with Gasteiger partial charge in [-0.05, 0) is 36.6 Å². The lowest BCUT2D eigenvalue weighted by Crippen LogP contribution is -2.40. The third-order valence-corrected chi connectivity index (χ3v) is 5.48. The largest absolute Gasteiger partial charge is 0.481 e. The van der Waals surface area contributed by atoms with E-state index in [2.05, 4.69) is 4.98 Å². The smallest absolute Gasteiger partial charge is 0.303 e. The van der Waals surface area contributed by atoms with Crippen molar-refractivity contribution in [3.63, 3.8) is 0 Å². The summed E-state index contributed by atoms with van der Waals surface area (Å²) in [5.74, 6) is -0.531. The van der Waals surface area contributed by atoms with Crippen molar-refractivity contribution in [1.29, 1.82) is 0 Å². The first-order valence-electron chi connectivity index (χ1n) is 8.47. The molecule has 1 unspecified atom stereocenters. The summed E-state index contributed by atoms with van der Waals surface area (Å²) >= 11 is 1.42.